The highest BCUT2D eigenvalue weighted by Crippen LogP contribution is 2.17. The van der Waals surface area contributed by atoms with E-state index in [-0.39, 0.29) is 12.4 Å². The van der Waals surface area contributed by atoms with Crippen LogP contribution in [0.3, 0.4) is 0 Å². The number of aryl methyl sites for hydroxylation is 1. The fraction of sp³-hybridized carbons (Fsp3) is 0.235. The predicted molar refractivity (Wildman–Crippen MR) is 78.2 cm³/mol. The Bertz CT molecular complexity index is 576. The van der Waals surface area contributed by atoms with Crippen LogP contribution in [0.5, 0.6) is 5.75 Å². The van der Waals surface area contributed by atoms with Gasteiger partial charge in [0, 0.05) is 5.56 Å². The Kier molecular flexibility index (Phi) is 4.91. The third-order valence-electron chi connectivity index (χ3n) is 3.08. The van der Waals surface area contributed by atoms with Gasteiger partial charge in [0.1, 0.15) is 12.4 Å². The second-order valence-corrected chi connectivity index (χ2v) is 4.58. The van der Waals surface area contributed by atoms with Crippen LogP contribution in [0.15, 0.2) is 48.5 Å². The second kappa shape index (κ2) is 6.87. The molecule has 0 aromatic heterocycles. The molecule has 20 heavy (non-hydrogen) atoms. The molecule has 0 bridgehead atoms. The number of hydrogen-bond acceptors (Lipinski definition) is 3. The summed E-state index contributed by atoms with van der Waals surface area (Å²) in [5.41, 5.74) is 2.64. The number of hydrogen-bond donors (Lipinski definition) is 0. The van der Waals surface area contributed by atoms with Crippen molar-refractivity contribution in [2.75, 3.05) is 13.7 Å². The van der Waals surface area contributed by atoms with Crippen LogP contribution in [0, 0.1) is 6.92 Å². The summed E-state index contributed by atoms with van der Waals surface area (Å²) >= 11 is 0. The average Bonchev–Trinajstić information content (AvgIpc) is 2.48. The van der Waals surface area contributed by atoms with Gasteiger partial charge in [-0.1, -0.05) is 30.3 Å². The van der Waals surface area contributed by atoms with Crippen molar-refractivity contribution >= 4 is 5.78 Å². The molecule has 0 unspecified atom stereocenters. The lowest BCUT2D eigenvalue weighted by Crippen LogP contribution is -2.10. The first kappa shape index (κ1) is 14.3. The molecule has 0 N–H and O–H groups in total. The fourth-order valence-corrected chi connectivity index (χ4v) is 1.99. The van der Waals surface area contributed by atoms with Crippen LogP contribution in [-0.2, 0) is 11.3 Å². The molecule has 3 heteroatoms. The molecule has 0 aliphatic carbocycles. The summed E-state index contributed by atoms with van der Waals surface area (Å²) in [6.07, 6.45) is 0. The minimum atomic E-state index is -0.0129. The maximum Gasteiger partial charge on any atom is 0.188 e. The number of Topliss-reactive ketones (excluding diaryl/α,β-unsaturated/α-hetero) is 1. The molecule has 0 amide bonds. The molecule has 3 nitrogen and oxygen atoms in total. The van der Waals surface area contributed by atoms with E-state index in [9.17, 15) is 4.79 Å². The fourth-order valence-electron chi connectivity index (χ4n) is 1.99. The Morgan fingerprint density at radius 1 is 1.10 bits per heavy atom. The molecule has 0 aliphatic heterocycles. The van der Waals surface area contributed by atoms with Crippen molar-refractivity contribution in [1.82, 2.24) is 0 Å². The predicted octanol–water partition coefficient (Wildman–Crippen LogP) is 3.40. The first-order chi connectivity index (χ1) is 9.70. The highest BCUT2D eigenvalue weighted by atomic mass is 16.5. The van der Waals surface area contributed by atoms with E-state index in [1.54, 1.807) is 19.2 Å². The Morgan fingerprint density at radius 3 is 2.50 bits per heavy atom. The summed E-state index contributed by atoms with van der Waals surface area (Å²) in [5, 5.41) is 0. The highest BCUT2D eigenvalue weighted by molar-refractivity contribution is 5.98. The third-order valence-corrected chi connectivity index (χ3v) is 3.08. The summed E-state index contributed by atoms with van der Waals surface area (Å²) in [5.74, 6) is 0.741. The van der Waals surface area contributed by atoms with Crippen LogP contribution in [-0.4, -0.2) is 19.5 Å². The lowest BCUT2D eigenvalue weighted by molar-refractivity contribution is 0.0726. The van der Waals surface area contributed by atoms with Gasteiger partial charge in [-0.15, -0.1) is 0 Å². The Balaban J connectivity index is 1.92. The molecule has 104 valence electrons. The molecule has 0 spiro atoms. The molecule has 0 radical (unpaired) electrons. The molecular formula is C17H18O3. The van der Waals surface area contributed by atoms with Crippen LogP contribution >= 0.6 is 0 Å². The molecule has 0 heterocycles. The molecule has 0 saturated heterocycles. The highest BCUT2D eigenvalue weighted by Gasteiger charge is 2.10. The molecule has 0 fully saturated rings. The molecule has 2 rings (SSSR count). The maximum atomic E-state index is 12.1. The monoisotopic (exact) mass is 270 g/mol. The molecule has 0 aliphatic rings. The molecule has 2 aromatic rings. The molecule has 0 saturated carbocycles. The van der Waals surface area contributed by atoms with Gasteiger partial charge >= 0.3 is 0 Å². The normalized spacial score (nSPS) is 10.3. The Morgan fingerprint density at radius 2 is 1.85 bits per heavy atom. The van der Waals surface area contributed by atoms with Crippen molar-refractivity contribution in [3.8, 4) is 5.75 Å². The Labute approximate surface area is 119 Å². The SMILES string of the molecule is COc1ccc(C(=O)COCc2ccccc2)c(C)c1. The minimum Gasteiger partial charge on any atom is -0.497 e. The number of carbonyl (C=O) groups excluding carboxylic acids is 1. The van der Waals surface area contributed by atoms with Crippen LogP contribution in [0.2, 0.25) is 0 Å². The van der Waals surface area contributed by atoms with E-state index in [1.165, 1.54) is 0 Å². The number of carbonyl (C=O) groups is 1. The van der Waals surface area contributed by atoms with E-state index < -0.39 is 0 Å². The molecular weight excluding hydrogens is 252 g/mol. The van der Waals surface area contributed by atoms with Gasteiger partial charge in [-0.05, 0) is 36.2 Å². The largest absolute Gasteiger partial charge is 0.497 e. The summed E-state index contributed by atoms with van der Waals surface area (Å²) in [7, 11) is 1.61. The summed E-state index contributed by atoms with van der Waals surface area (Å²) in [4.78, 5) is 12.1. The van der Waals surface area contributed by atoms with Crippen molar-refractivity contribution in [3.63, 3.8) is 0 Å². The van der Waals surface area contributed by atoms with Crippen LogP contribution in [0.4, 0.5) is 0 Å². The summed E-state index contributed by atoms with van der Waals surface area (Å²) < 4.78 is 10.6. The van der Waals surface area contributed by atoms with Crippen molar-refractivity contribution < 1.29 is 14.3 Å². The lowest BCUT2D eigenvalue weighted by atomic mass is 10.0. The van der Waals surface area contributed by atoms with Gasteiger partial charge in [0.2, 0.25) is 0 Å². The van der Waals surface area contributed by atoms with Crippen molar-refractivity contribution in [2.45, 2.75) is 13.5 Å². The van der Waals surface area contributed by atoms with Crippen LogP contribution in [0.25, 0.3) is 0 Å². The summed E-state index contributed by atoms with van der Waals surface area (Å²) in [6.45, 7) is 2.43. The zero-order valence-corrected chi connectivity index (χ0v) is 11.8. The van der Waals surface area contributed by atoms with Gasteiger partial charge in [0.25, 0.3) is 0 Å². The van der Waals surface area contributed by atoms with Crippen LogP contribution in [0.1, 0.15) is 21.5 Å². The first-order valence-corrected chi connectivity index (χ1v) is 6.50. The maximum absolute atomic E-state index is 12.1. The third kappa shape index (κ3) is 3.68. The van der Waals surface area contributed by atoms with E-state index >= 15 is 0 Å². The van der Waals surface area contributed by atoms with E-state index in [2.05, 4.69) is 0 Å². The number of methoxy groups -OCH3 is 1. The average molecular weight is 270 g/mol. The van der Waals surface area contributed by atoms with Crippen molar-refractivity contribution in [1.29, 1.82) is 0 Å². The number of ether oxygens (including phenoxy) is 2. The topological polar surface area (TPSA) is 35.5 Å². The van der Waals surface area contributed by atoms with E-state index in [1.807, 2.05) is 43.3 Å². The van der Waals surface area contributed by atoms with Gasteiger partial charge in [-0.2, -0.15) is 0 Å². The molecule has 0 atom stereocenters. The standard InChI is InChI=1S/C17H18O3/c1-13-10-15(19-2)8-9-16(13)17(18)12-20-11-14-6-4-3-5-7-14/h3-10H,11-12H2,1-2H3. The second-order valence-electron chi connectivity index (χ2n) is 4.58. The zero-order chi connectivity index (χ0) is 14.4. The van der Waals surface area contributed by atoms with Gasteiger partial charge < -0.3 is 9.47 Å². The number of ketones is 1. The van der Waals surface area contributed by atoms with Gasteiger partial charge in [0.05, 0.1) is 13.7 Å². The molecule has 2 aromatic carbocycles. The van der Waals surface area contributed by atoms with Crippen LogP contribution < -0.4 is 4.74 Å². The number of benzene rings is 2. The number of rotatable bonds is 6. The van der Waals surface area contributed by atoms with Crippen molar-refractivity contribution in [3.05, 3.63) is 65.2 Å². The van der Waals surface area contributed by atoms with E-state index in [4.69, 9.17) is 9.47 Å². The zero-order valence-electron chi connectivity index (χ0n) is 11.8. The van der Waals surface area contributed by atoms with Gasteiger partial charge in [-0.3, -0.25) is 4.79 Å². The van der Waals surface area contributed by atoms with Gasteiger partial charge in [-0.25, -0.2) is 0 Å². The Hall–Kier alpha value is -2.13. The quantitative estimate of drug-likeness (QED) is 0.755. The first-order valence-electron chi connectivity index (χ1n) is 6.50. The smallest absolute Gasteiger partial charge is 0.188 e. The summed E-state index contributed by atoms with van der Waals surface area (Å²) in [6, 6.07) is 15.2. The minimum absolute atomic E-state index is 0.0129. The van der Waals surface area contributed by atoms with Crippen molar-refractivity contribution in [2.24, 2.45) is 0 Å². The van der Waals surface area contributed by atoms with E-state index in [0.29, 0.717) is 12.2 Å². The van der Waals surface area contributed by atoms with Gasteiger partial charge in [0.15, 0.2) is 5.78 Å². The lowest BCUT2D eigenvalue weighted by Gasteiger charge is -2.08. The van der Waals surface area contributed by atoms with E-state index in [0.717, 1.165) is 16.9 Å².